The number of nitrogens with zero attached hydrogens (tertiary/aromatic N) is 1. The van der Waals surface area contributed by atoms with Gasteiger partial charge in [0.05, 0.1) is 45.5 Å². The number of quaternary nitrogens is 2. The number of hydrogen-bond donors (Lipinski definition) is 1. The summed E-state index contributed by atoms with van der Waals surface area (Å²) in [5.74, 6) is -0.477. The number of rotatable bonds is 6. The summed E-state index contributed by atoms with van der Waals surface area (Å²) < 4.78 is 70.1. The molecule has 1 spiro atoms. The summed E-state index contributed by atoms with van der Waals surface area (Å²) >= 11 is 15.4. The van der Waals surface area contributed by atoms with Crippen LogP contribution in [0.1, 0.15) is 12.8 Å². The first-order valence-electron chi connectivity index (χ1n) is 10.7. The molecule has 1 N–H and O–H groups in total. The van der Waals surface area contributed by atoms with Crippen molar-refractivity contribution in [2.45, 2.75) is 33.4 Å². The molecule has 0 aliphatic carbocycles. The molecule has 0 saturated carbocycles. The lowest BCUT2D eigenvalue weighted by Crippen LogP contribution is -3.09. The first kappa shape index (κ1) is 25.8. The fraction of sp³-hybridized carbons (Fsp3) is 0.333. The van der Waals surface area contributed by atoms with Crippen LogP contribution in [0.3, 0.4) is 0 Å². The quantitative estimate of drug-likeness (QED) is 0.400. The second-order valence-corrected chi connectivity index (χ2v) is 14.8. The summed E-state index contributed by atoms with van der Waals surface area (Å²) in [5, 5.41) is 0.338. The molecule has 3 heterocycles. The molecule has 0 bridgehead atoms. The van der Waals surface area contributed by atoms with Crippen molar-refractivity contribution in [1.29, 1.82) is 0 Å². The van der Waals surface area contributed by atoms with Crippen molar-refractivity contribution in [2.75, 3.05) is 18.8 Å². The number of benzene rings is 2. The molecule has 35 heavy (non-hydrogen) atoms. The molecule has 2 aromatic carbocycles. The van der Waals surface area contributed by atoms with Gasteiger partial charge in [-0.05, 0) is 36.0 Å². The van der Waals surface area contributed by atoms with Crippen LogP contribution in [0.4, 0.5) is 11.4 Å². The molecule has 4 unspecified atom stereocenters. The molecule has 0 amide bonds. The average molecular weight is 596 g/mol. The molecule has 188 valence electrons. The van der Waals surface area contributed by atoms with Crippen LogP contribution in [0.15, 0.2) is 57.3 Å². The highest BCUT2D eigenvalue weighted by molar-refractivity contribution is 8.04. The molecule has 3 aliphatic rings. The normalized spacial score (nSPS) is 28.8. The Morgan fingerprint density at radius 2 is 1.74 bits per heavy atom. The van der Waals surface area contributed by atoms with Gasteiger partial charge in [0, 0.05) is 34.4 Å². The molecule has 0 radical (unpaired) electrons. The second kappa shape index (κ2) is 9.19. The first-order valence-corrected chi connectivity index (χ1v) is 16.2. The van der Waals surface area contributed by atoms with Gasteiger partial charge in [0.2, 0.25) is 0 Å². The van der Waals surface area contributed by atoms with Gasteiger partial charge in [-0.3, -0.25) is 4.90 Å². The maximum absolute atomic E-state index is 12.2. The van der Waals surface area contributed by atoms with Crippen LogP contribution in [-0.2, 0) is 20.2 Å². The van der Waals surface area contributed by atoms with Crippen molar-refractivity contribution in [2.24, 2.45) is 0 Å². The topological polar surface area (TPSA) is 119 Å². The molecule has 4 atom stereocenters. The highest BCUT2D eigenvalue weighted by atomic mass is 35.5. The van der Waals surface area contributed by atoms with E-state index >= 15 is 0 Å². The summed E-state index contributed by atoms with van der Waals surface area (Å²) in [6.07, 6.45) is 2.38. The number of thioether (sulfide) groups is 2. The van der Waals surface area contributed by atoms with E-state index in [1.165, 1.54) is 11.8 Å². The maximum atomic E-state index is 12.2. The van der Waals surface area contributed by atoms with Crippen LogP contribution >= 0.6 is 46.7 Å². The van der Waals surface area contributed by atoms with Crippen LogP contribution in [0.2, 0.25) is 10.0 Å². The molecule has 14 heteroatoms. The monoisotopic (exact) mass is 594 g/mol. The van der Waals surface area contributed by atoms with Crippen LogP contribution in [0, 0.1) is 0 Å². The van der Waals surface area contributed by atoms with Gasteiger partial charge in [0.1, 0.15) is 5.69 Å². The third kappa shape index (κ3) is 4.78. The first-order chi connectivity index (χ1) is 16.4. The molecule has 0 aromatic heterocycles. The van der Waals surface area contributed by atoms with E-state index in [1.54, 1.807) is 30.0 Å². The summed E-state index contributed by atoms with van der Waals surface area (Å²) in [6.45, 7) is 0.821. The van der Waals surface area contributed by atoms with Gasteiger partial charge in [0.15, 0.2) is 31.6 Å². The Hall–Kier alpha value is -0.800. The molecular formula is C21H20Cl2N2O6S4. The van der Waals surface area contributed by atoms with Crippen LogP contribution in [-0.4, -0.2) is 55.5 Å². The third-order valence-corrected chi connectivity index (χ3v) is 11.6. The Morgan fingerprint density at radius 3 is 2.37 bits per heavy atom. The lowest BCUT2D eigenvalue weighted by molar-refractivity contribution is -0.835. The lowest BCUT2D eigenvalue weighted by Gasteiger charge is -2.49. The lowest BCUT2D eigenvalue weighted by atomic mass is 10.1. The number of fused-ring (bicyclic) bond motifs is 3. The smallest absolute Gasteiger partial charge is 0.194 e. The van der Waals surface area contributed by atoms with Gasteiger partial charge < -0.3 is 9.11 Å². The number of hydrogen-bond acceptors (Lipinski definition) is 8. The predicted octanol–water partition coefficient (Wildman–Crippen LogP) is 3.11. The van der Waals surface area contributed by atoms with Gasteiger partial charge >= 0.3 is 0 Å². The molecule has 2 aromatic rings. The van der Waals surface area contributed by atoms with Crippen molar-refractivity contribution in [3.05, 3.63) is 57.5 Å². The highest BCUT2D eigenvalue weighted by Crippen LogP contribution is 2.58. The van der Waals surface area contributed by atoms with E-state index in [0.29, 0.717) is 28.8 Å². The molecule has 1 fully saturated rings. The zero-order chi connectivity index (χ0) is 25.2. The van der Waals surface area contributed by atoms with E-state index in [2.05, 4.69) is 0 Å². The minimum atomic E-state index is -4.59. The van der Waals surface area contributed by atoms with Crippen molar-refractivity contribution < 1.29 is 30.8 Å². The Morgan fingerprint density at radius 1 is 1.06 bits per heavy atom. The van der Waals surface area contributed by atoms with E-state index in [-0.39, 0.29) is 22.7 Å². The Labute approximate surface area is 222 Å². The van der Waals surface area contributed by atoms with Gasteiger partial charge in [-0.1, -0.05) is 35.0 Å². The van der Waals surface area contributed by atoms with Crippen molar-refractivity contribution in [3.63, 3.8) is 0 Å². The summed E-state index contributed by atoms with van der Waals surface area (Å²) in [7, 11) is -8.94. The minimum Gasteiger partial charge on any atom is -0.748 e. The molecule has 1 saturated heterocycles. The highest BCUT2D eigenvalue weighted by Gasteiger charge is 2.60. The minimum absolute atomic E-state index is 0.0806. The van der Waals surface area contributed by atoms with Gasteiger partial charge in [0.25, 0.3) is 0 Å². The van der Waals surface area contributed by atoms with Crippen molar-refractivity contribution >= 4 is 78.3 Å². The Bertz CT molecular complexity index is 1450. The number of nitrogens with one attached hydrogen (secondary N) is 1. The Balaban J connectivity index is 1.56. The maximum Gasteiger partial charge on any atom is 0.194 e. The van der Waals surface area contributed by atoms with Gasteiger partial charge in [-0.15, -0.1) is 0 Å². The average Bonchev–Trinajstić information content (AvgIpc) is 3.21. The molecular weight excluding hydrogens is 575 g/mol. The van der Waals surface area contributed by atoms with E-state index in [1.807, 2.05) is 24.3 Å². The summed E-state index contributed by atoms with van der Waals surface area (Å²) in [4.78, 5) is 2.72. The van der Waals surface area contributed by atoms with Gasteiger partial charge in [-0.25, -0.2) is 21.3 Å². The molecule has 3 aliphatic heterocycles. The fourth-order valence-corrected chi connectivity index (χ4v) is 9.80. The molecule has 5 rings (SSSR count). The van der Waals surface area contributed by atoms with Crippen LogP contribution in [0.5, 0.6) is 0 Å². The van der Waals surface area contributed by atoms with Crippen molar-refractivity contribution in [1.82, 2.24) is 4.48 Å². The Kier molecular flexibility index (Phi) is 6.78. The van der Waals surface area contributed by atoms with E-state index in [0.717, 1.165) is 25.4 Å². The van der Waals surface area contributed by atoms with Gasteiger partial charge in [-0.2, -0.15) is 0 Å². The summed E-state index contributed by atoms with van der Waals surface area (Å²) in [5.41, 5.74) is 1.59. The molecule has 8 nitrogen and oxygen atoms in total. The van der Waals surface area contributed by atoms with E-state index in [9.17, 15) is 25.9 Å². The van der Waals surface area contributed by atoms with Crippen LogP contribution in [0.25, 0.3) is 0 Å². The SMILES string of the molecule is O=S(=O)([O-])CCC[NH+]1c2cc(Cl)ccc2SC1/C=C1\Sc2ccc(Cl)cc2[N+]12CCC2S(=O)(=O)[O-]. The zero-order valence-corrected chi connectivity index (χ0v) is 22.8. The number of halogens is 2. The van der Waals surface area contributed by atoms with Crippen LogP contribution < -0.4 is 9.38 Å². The van der Waals surface area contributed by atoms with E-state index < -0.39 is 31.4 Å². The zero-order valence-electron chi connectivity index (χ0n) is 18.0. The van der Waals surface area contributed by atoms with E-state index in [4.69, 9.17) is 23.2 Å². The second-order valence-electron chi connectivity index (χ2n) is 8.62. The standard InChI is InChI=1S/C21H20Cl2N2O6S4/c22-13-2-4-17-15(10-13)24(7-1-9-34(26,27)28)19(32-17)12-20-25(8-6-21(25)35(29,30)31)16-11-14(23)3-5-18(16)33-20/h2-5,10-12,19,21H,1,6-9H2,(H-,26,27,28,29,30,31)/b20-12-. The fourth-order valence-electron chi connectivity index (χ4n) is 4.95. The van der Waals surface area contributed by atoms with Crippen molar-refractivity contribution in [3.8, 4) is 0 Å². The summed E-state index contributed by atoms with van der Waals surface area (Å²) in [6, 6.07) is 10.8. The predicted molar refractivity (Wildman–Crippen MR) is 136 cm³/mol. The third-order valence-electron chi connectivity index (χ3n) is 6.53. The largest absolute Gasteiger partial charge is 0.748 e.